The van der Waals surface area contributed by atoms with E-state index in [9.17, 15) is 0 Å². The first-order valence-electron chi connectivity index (χ1n) is 14.2. The van der Waals surface area contributed by atoms with E-state index in [1.807, 2.05) is 0 Å². The van der Waals surface area contributed by atoms with Crippen LogP contribution in [0.2, 0.25) is 0 Å². The van der Waals surface area contributed by atoms with E-state index in [1.54, 1.807) is 0 Å². The third kappa shape index (κ3) is 3.27. The second-order valence-electron chi connectivity index (χ2n) is 12.3. The molecule has 192 valence electrons. The van der Waals surface area contributed by atoms with Crippen LogP contribution in [0.15, 0.2) is 115 Å². The van der Waals surface area contributed by atoms with E-state index in [0.717, 1.165) is 0 Å². The van der Waals surface area contributed by atoms with E-state index in [-0.39, 0.29) is 5.41 Å². The molecule has 0 fully saturated rings. The van der Waals surface area contributed by atoms with E-state index in [4.69, 9.17) is 0 Å². The Morgan fingerprint density at radius 2 is 1.18 bits per heavy atom. The van der Waals surface area contributed by atoms with Crippen LogP contribution in [0.1, 0.15) is 31.9 Å². The molecule has 0 atom stereocenters. The van der Waals surface area contributed by atoms with Crippen LogP contribution in [0.25, 0.3) is 70.9 Å². The van der Waals surface area contributed by atoms with Crippen LogP contribution >= 0.6 is 0 Å². The molecule has 1 heterocycles. The molecule has 40 heavy (non-hydrogen) atoms. The van der Waals surface area contributed by atoms with Gasteiger partial charge in [-0.15, -0.1) is 0 Å². The van der Waals surface area contributed by atoms with Gasteiger partial charge in [-0.25, -0.2) is 0 Å². The van der Waals surface area contributed by atoms with Crippen LogP contribution in [0.4, 0.5) is 0 Å². The predicted molar refractivity (Wildman–Crippen MR) is 173 cm³/mol. The Labute approximate surface area is 234 Å². The number of nitrogens with zero attached hydrogens (tertiary/aromatic N) is 1. The van der Waals surface area contributed by atoms with Crippen LogP contribution in [0.5, 0.6) is 0 Å². The lowest BCUT2D eigenvalue weighted by atomic mass is 9.82. The third-order valence-corrected chi connectivity index (χ3v) is 8.79. The minimum Gasteiger partial charge on any atom is -0.309 e. The van der Waals surface area contributed by atoms with Gasteiger partial charge in [0.25, 0.3) is 0 Å². The quantitative estimate of drug-likeness (QED) is 0.203. The van der Waals surface area contributed by atoms with Crippen LogP contribution < -0.4 is 0 Å². The number of aryl methyl sites for hydroxylation is 1. The summed E-state index contributed by atoms with van der Waals surface area (Å²) < 4.78 is 2.41. The van der Waals surface area contributed by atoms with Crippen molar-refractivity contribution < 1.29 is 0 Å². The zero-order valence-corrected chi connectivity index (χ0v) is 23.4. The van der Waals surface area contributed by atoms with E-state index < -0.39 is 0 Å². The summed E-state index contributed by atoms with van der Waals surface area (Å²) in [4.78, 5) is 0. The number of para-hydroxylation sites is 2. The minimum atomic E-state index is 0.109. The van der Waals surface area contributed by atoms with Crippen LogP contribution in [0, 0.1) is 6.92 Å². The summed E-state index contributed by atoms with van der Waals surface area (Å²) in [7, 11) is 0. The lowest BCUT2D eigenvalue weighted by molar-refractivity contribution is 0.591. The Morgan fingerprint density at radius 3 is 1.93 bits per heavy atom. The number of hydrogen-bond donors (Lipinski definition) is 0. The van der Waals surface area contributed by atoms with Crippen molar-refractivity contribution >= 4 is 54.1 Å². The molecule has 0 aliphatic heterocycles. The molecule has 0 N–H and O–H groups in total. The monoisotopic (exact) mass is 513 g/mol. The Kier molecular flexibility index (Phi) is 4.77. The van der Waals surface area contributed by atoms with Crippen molar-refractivity contribution in [1.29, 1.82) is 0 Å². The summed E-state index contributed by atoms with van der Waals surface area (Å²) in [6, 6.07) is 43.0. The molecule has 0 aliphatic rings. The molecule has 7 aromatic carbocycles. The fraction of sp³-hybridized carbons (Fsp3) is 0.128. The summed E-state index contributed by atoms with van der Waals surface area (Å²) in [5.74, 6) is 0. The highest BCUT2D eigenvalue weighted by atomic mass is 15.0. The van der Waals surface area contributed by atoms with Gasteiger partial charge >= 0.3 is 0 Å². The van der Waals surface area contributed by atoms with Crippen molar-refractivity contribution in [3.8, 4) is 16.8 Å². The molecule has 8 aromatic rings. The molecule has 0 amide bonds. The van der Waals surface area contributed by atoms with Gasteiger partial charge in [-0.05, 0) is 91.2 Å². The van der Waals surface area contributed by atoms with E-state index >= 15 is 0 Å². The molecule has 0 saturated heterocycles. The molecule has 1 nitrogen and oxygen atoms in total. The van der Waals surface area contributed by atoms with Gasteiger partial charge in [-0.3, -0.25) is 0 Å². The van der Waals surface area contributed by atoms with Crippen molar-refractivity contribution in [3.05, 3.63) is 126 Å². The highest BCUT2D eigenvalue weighted by Gasteiger charge is 2.20. The zero-order chi connectivity index (χ0) is 27.2. The summed E-state index contributed by atoms with van der Waals surface area (Å²) in [6.07, 6.45) is 0. The second kappa shape index (κ2) is 8.19. The van der Waals surface area contributed by atoms with Crippen LogP contribution in [-0.4, -0.2) is 4.57 Å². The van der Waals surface area contributed by atoms with Crippen molar-refractivity contribution in [2.24, 2.45) is 0 Å². The average molecular weight is 514 g/mol. The number of aromatic nitrogens is 1. The predicted octanol–water partition coefficient (Wildman–Crippen LogP) is 11.0. The smallest absolute Gasteiger partial charge is 0.0547 e. The molecule has 0 radical (unpaired) electrons. The van der Waals surface area contributed by atoms with Gasteiger partial charge in [-0.1, -0.05) is 112 Å². The molecule has 0 bridgehead atoms. The molecule has 0 spiro atoms. The Bertz CT molecular complexity index is 2220. The van der Waals surface area contributed by atoms with Gasteiger partial charge in [-0.2, -0.15) is 0 Å². The molecule has 8 rings (SSSR count). The normalized spacial score (nSPS) is 12.5. The van der Waals surface area contributed by atoms with Gasteiger partial charge in [0.05, 0.1) is 11.0 Å². The number of hydrogen-bond acceptors (Lipinski definition) is 0. The molecule has 0 unspecified atom stereocenters. The standard InChI is InChI=1S/C39H31N/c1-24-20-34(33-19-16-27-22-28(39(2,3)4)21-26-15-17-30(24)38(33)37(26)27)25-14-18-32-31-12-8-9-13-35(31)40(36(32)23-25)29-10-6-5-7-11-29/h5-23H,1-4H3. The maximum absolute atomic E-state index is 2.41. The highest BCUT2D eigenvalue weighted by Crippen LogP contribution is 2.43. The zero-order valence-electron chi connectivity index (χ0n) is 23.4. The molecule has 1 heteroatoms. The van der Waals surface area contributed by atoms with Crippen LogP contribution in [-0.2, 0) is 5.41 Å². The van der Waals surface area contributed by atoms with Crippen LogP contribution in [0.3, 0.4) is 0 Å². The number of benzene rings is 7. The second-order valence-corrected chi connectivity index (χ2v) is 12.3. The molecule has 0 aliphatic carbocycles. The van der Waals surface area contributed by atoms with Crippen molar-refractivity contribution in [1.82, 2.24) is 4.57 Å². The Hall–Kier alpha value is -4.62. The number of rotatable bonds is 2. The van der Waals surface area contributed by atoms with Gasteiger partial charge in [0.15, 0.2) is 0 Å². The van der Waals surface area contributed by atoms with Crippen molar-refractivity contribution in [2.75, 3.05) is 0 Å². The van der Waals surface area contributed by atoms with Gasteiger partial charge in [0.1, 0.15) is 0 Å². The molecular weight excluding hydrogens is 482 g/mol. The van der Waals surface area contributed by atoms with Gasteiger partial charge in [0.2, 0.25) is 0 Å². The minimum absolute atomic E-state index is 0.109. The fourth-order valence-electron chi connectivity index (χ4n) is 6.76. The summed E-state index contributed by atoms with van der Waals surface area (Å²) in [5.41, 5.74) is 9.03. The van der Waals surface area contributed by atoms with Gasteiger partial charge in [0, 0.05) is 16.5 Å². The topological polar surface area (TPSA) is 4.93 Å². The van der Waals surface area contributed by atoms with Crippen molar-refractivity contribution in [3.63, 3.8) is 0 Å². The Balaban J connectivity index is 1.45. The summed E-state index contributed by atoms with van der Waals surface area (Å²) in [5, 5.41) is 10.7. The fourth-order valence-corrected chi connectivity index (χ4v) is 6.76. The summed E-state index contributed by atoms with van der Waals surface area (Å²) in [6.45, 7) is 9.16. The third-order valence-electron chi connectivity index (χ3n) is 8.79. The molecule has 0 saturated carbocycles. The largest absolute Gasteiger partial charge is 0.309 e. The van der Waals surface area contributed by atoms with Gasteiger partial charge < -0.3 is 4.57 Å². The Morgan fingerprint density at radius 1 is 0.525 bits per heavy atom. The van der Waals surface area contributed by atoms with Crippen molar-refractivity contribution in [2.45, 2.75) is 33.1 Å². The lowest BCUT2D eigenvalue weighted by Crippen LogP contribution is -2.10. The van der Waals surface area contributed by atoms with E-state index in [0.29, 0.717) is 0 Å². The molecule has 1 aromatic heterocycles. The first-order chi connectivity index (χ1) is 19.4. The maximum Gasteiger partial charge on any atom is 0.0547 e. The van der Waals surface area contributed by atoms with E-state index in [2.05, 4.69) is 148 Å². The number of fused-ring (bicyclic) bond motifs is 3. The SMILES string of the molecule is Cc1cc(-c2ccc3c4ccccc4n(-c4ccccc4)c3c2)c2ccc3cc(C(C)(C)C)cc4ccc1c2c43. The van der Waals surface area contributed by atoms with E-state index in [1.165, 1.54) is 82.1 Å². The highest BCUT2D eigenvalue weighted by molar-refractivity contribution is 6.26. The lowest BCUT2D eigenvalue weighted by Gasteiger charge is -2.22. The maximum atomic E-state index is 2.41. The summed E-state index contributed by atoms with van der Waals surface area (Å²) >= 11 is 0. The first-order valence-corrected chi connectivity index (χ1v) is 14.2. The average Bonchev–Trinajstić information content (AvgIpc) is 3.30. The molecular formula is C39H31N. The first kappa shape index (κ1) is 23.3.